The Bertz CT molecular complexity index is 481. The van der Waals surface area contributed by atoms with Gasteiger partial charge in [-0.2, -0.15) is 0 Å². The first-order chi connectivity index (χ1) is 9.38. The van der Waals surface area contributed by atoms with Crippen molar-refractivity contribution in [3.8, 4) is 5.75 Å². The van der Waals surface area contributed by atoms with Crippen LogP contribution in [-0.2, 0) is 14.9 Å². The van der Waals surface area contributed by atoms with E-state index < -0.39 is 0 Å². The zero-order chi connectivity index (χ0) is 15.2. The Kier molecular flexibility index (Phi) is 5.81. The van der Waals surface area contributed by atoms with Crippen molar-refractivity contribution in [1.29, 1.82) is 0 Å². The van der Waals surface area contributed by atoms with Crippen molar-refractivity contribution in [3.63, 3.8) is 0 Å². The summed E-state index contributed by atoms with van der Waals surface area (Å²) < 4.78 is 10.4. The van der Waals surface area contributed by atoms with Crippen LogP contribution < -0.4 is 4.74 Å². The van der Waals surface area contributed by atoms with Gasteiger partial charge in [-0.3, -0.25) is 0 Å². The number of carbonyl (C=O) groups excluding carboxylic acids is 1. The molecule has 3 nitrogen and oxygen atoms in total. The molecule has 110 valence electrons. The molecule has 0 aliphatic heterocycles. The van der Waals surface area contributed by atoms with E-state index in [2.05, 4.69) is 26.8 Å². The van der Waals surface area contributed by atoms with E-state index in [9.17, 15) is 4.79 Å². The van der Waals surface area contributed by atoms with Gasteiger partial charge < -0.3 is 9.47 Å². The van der Waals surface area contributed by atoms with Crippen molar-refractivity contribution < 1.29 is 14.3 Å². The Hall–Kier alpha value is -1.77. The molecule has 1 rings (SSSR count). The van der Waals surface area contributed by atoms with Crippen molar-refractivity contribution in [3.05, 3.63) is 41.5 Å². The molecule has 1 aromatic rings. The standard InChI is InChI=1S/C17H24O3/c1-6-13(16(18)19-5)10-11-20-15-9-7-8-14(12-15)17(2,3)4/h7-10,12H,6,11H2,1-5H3. The topological polar surface area (TPSA) is 35.5 Å². The first-order valence-electron chi connectivity index (χ1n) is 6.89. The highest BCUT2D eigenvalue weighted by molar-refractivity contribution is 5.88. The molecule has 0 aliphatic carbocycles. The van der Waals surface area contributed by atoms with E-state index in [-0.39, 0.29) is 11.4 Å². The van der Waals surface area contributed by atoms with Gasteiger partial charge in [-0.25, -0.2) is 4.79 Å². The average molecular weight is 276 g/mol. The fourth-order valence-corrected chi connectivity index (χ4v) is 1.79. The third-order valence-electron chi connectivity index (χ3n) is 3.11. The number of hydrogen-bond acceptors (Lipinski definition) is 3. The highest BCUT2D eigenvalue weighted by atomic mass is 16.5. The highest BCUT2D eigenvalue weighted by Gasteiger charge is 2.13. The van der Waals surface area contributed by atoms with Gasteiger partial charge in [0.05, 0.1) is 7.11 Å². The summed E-state index contributed by atoms with van der Waals surface area (Å²) in [6.07, 6.45) is 2.41. The summed E-state index contributed by atoms with van der Waals surface area (Å²) >= 11 is 0. The molecule has 0 radical (unpaired) electrons. The van der Waals surface area contributed by atoms with Gasteiger partial charge in [0.1, 0.15) is 12.4 Å². The molecule has 0 saturated carbocycles. The molecule has 0 N–H and O–H groups in total. The minimum Gasteiger partial charge on any atom is -0.490 e. The lowest BCUT2D eigenvalue weighted by atomic mass is 9.87. The molecule has 0 atom stereocenters. The molecule has 0 bridgehead atoms. The van der Waals surface area contributed by atoms with E-state index >= 15 is 0 Å². The van der Waals surface area contributed by atoms with Gasteiger partial charge in [0.2, 0.25) is 0 Å². The van der Waals surface area contributed by atoms with E-state index in [1.165, 1.54) is 12.7 Å². The lowest BCUT2D eigenvalue weighted by Crippen LogP contribution is -2.11. The van der Waals surface area contributed by atoms with Crippen molar-refractivity contribution in [1.82, 2.24) is 0 Å². The molecular weight excluding hydrogens is 252 g/mol. The largest absolute Gasteiger partial charge is 0.490 e. The van der Waals surface area contributed by atoms with E-state index in [0.29, 0.717) is 18.6 Å². The molecule has 0 fully saturated rings. The molecule has 0 aliphatic rings. The molecule has 0 saturated heterocycles. The van der Waals surface area contributed by atoms with Crippen LogP contribution in [0.5, 0.6) is 5.75 Å². The van der Waals surface area contributed by atoms with Gasteiger partial charge in [-0.05, 0) is 35.6 Å². The first-order valence-corrected chi connectivity index (χ1v) is 6.89. The van der Waals surface area contributed by atoms with Crippen molar-refractivity contribution in [2.75, 3.05) is 13.7 Å². The quantitative estimate of drug-likeness (QED) is 0.605. The van der Waals surface area contributed by atoms with Crippen LogP contribution in [0.25, 0.3) is 0 Å². The van der Waals surface area contributed by atoms with Crippen molar-refractivity contribution >= 4 is 5.97 Å². The molecule has 0 heterocycles. The average Bonchev–Trinajstić information content (AvgIpc) is 2.42. The van der Waals surface area contributed by atoms with Crippen LogP contribution in [-0.4, -0.2) is 19.7 Å². The van der Waals surface area contributed by atoms with Crippen LogP contribution >= 0.6 is 0 Å². The number of benzene rings is 1. The third kappa shape index (κ3) is 4.72. The van der Waals surface area contributed by atoms with Crippen LogP contribution in [0.1, 0.15) is 39.7 Å². The highest BCUT2D eigenvalue weighted by Crippen LogP contribution is 2.25. The Morgan fingerprint density at radius 1 is 1.30 bits per heavy atom. The van der Waals surface area contributed by atoms with Gasteiger partial charge in [0.15, 0.2) is 0 Å². The predicted molar refractivity (Wildman–Crippen MR) is 81.0 cm³/mol. The summed E-state index contributed by atoms with van der Waals surface area (Å²) in [6, 6.07) is 8.04. The summed E-state index contributed by atoms with van der Waals surface area (Å²) in [5.41, 5.74) is 1.96. The number of hydrogen-bond donors (Lipinski definition) is 0. The van der Waals surface area contributed by atoms with Crippen molar-refractivity contribution in [2.24, 2.45) is 0 Å². The minimum atomic E-state index is -0.292. The number of methoxy groups -OCH3 is 1. The maximum atomic E-state index is 11.4. The lowest BCUT2D eigenvalue weighted by Gasteiger charge is -2.19. The maximum Gasteiger partial charge on any atom is 0.333 e. The first kappa shape index (κ1) is 16.3. The van der Waals surface area contributed by atoms with Crippen LogP contribution in [0, 0.1) is 0 Å². The second-order valence-electron chi connectivity index (χ2n) is 5.66. The van der Waals surface area contributed by atoms with Gasteiger partial charge in [-0.15, -0.1) is 0 Å². The fourth-order valence-electron chi connectivity index (χ4n) is 1.79. The molecule has 0 spiro atoms. The lowest BCUT2D eigenvalue weighted by molar-refractivity contribution is -0.136. The molecular formula is C17H24O3. The molecule has 0 unspecified atom stereocenters. The fraction of sp³-hybridized carbons (Fsp3) is 0.471. The minimum absolute atomic E-state index is 0.0931. The van der Waals surface area contributed by atoms with E-state index in [4.69, 9.17) is 9.47 Å². The summed E-state index contributed by atoms with van der Waals surface area (Å²) in [4.78, 5) is 11.4. The maximum absolute atomic E-state index is 11.4. The van der Waals surface area contributed by atoms with E-state index in [0.717, 1.165) is 5.75 Å². The summed E-state index contributed by atoms with van der Waals surface area (Å²) in [7, 11) is 1.39. The van der Waals surface area contributed by atoms with E-state index in [1.54, 1.807) is 6.08 Å². The summed E-state index contributed by atoms with van der Waals surface area (Å²) in [5, 5.41) is 0. The molecule has 3 heteroatoms. The monoisotopic (exact) mass is 276 g/mol. The Labute approximate surface area is 121 Å². The van der Waals surface area contributed by atoms with Crippen LogP contribution in [0.2, 0.25) is 0 Å². The number of ether oxygens (including phenoxy) is 2. The van der Waals surface area contributed by atoms with Gasteiger partial charge in [0.25, 0.3) is 0 Å². The van der Waals surface area contributed by atoms with Crippen molar-refractivity contribution in [2.45, 2.75) is 39.5 Å². The van der Waals surface area contributed by atoms with Crippen LogP contribution in [0.4, 0.5) is 0 Å². The van der Waals surface area contributed by atoms with Gasteiger partial charge >= 0.3 is 5.97 Å². The SMILES string of the molecule is CCC(=CCOc1cccc(C(C)(C)C)c1)C(=O)OC. The second kappa shape index (κ2) is 7.13. The Morgan fingerprint density at radius 2 is 2.00 bits per heavy atom. The van der Waals surface area contributed by atoms with Crippen LogP contribution in [0.3, 0.4) is 0 Å². The molecule has 0 aromatic heterocycles. The molecule has 1 aromatic carbocycles. The summed E-state index contributed by atoms with van der Waals surface area (Å²) in [6.45, 7) is 8.78. The van der Waals surface area contributed by atoms with Gasteiger partial charge in [0, 0.05) is 5.57 Å². The summed E-state index contributed by atoms with van der Waals surface area (Å²) in [5.74, 6) is 0.522. The predicted octanol–water partition coefficient (Wildman–Crippen LogP) is 3.87. The number of esters is 1. The molecule has 20 heavy (non-hydrogen) atoms. The number of carbonyl (C=O) groups is 1. The molecule has 0 amide bonds. The van der Waals surface area contributed by atoms with E-state index in [1.807, 2.05) is 25.1 Å². The Morgan fingerprint density at radius 3 is 2.55 bits per heavy atom. The second-order valence-corrected chi connectivity index (χ2v) is 5.66. The van der Waals surface area contributed by atoms with Gasteiger partial charge in [-0.1, -0.05) is 39.8 Å². The normalized spacial score (nSPS) is 12.2. The zero-order valence-electron chi connectivity index (χ0n) is 13.0. The third-order valence-corrected chi connectivity index (χ3v) is 3.11. The van der Waals surface area contributed by atoms with Crippen LogP contribution in [0.15, 0.2) is 35.9 Å². The zero-order valence-corrected chi connectivity index (χ0v) is 13.0. The smallest absolute Gasteiger partial charge is 0.333 e. The number of rotatable bonds is 5. The Balaban J connectivity index is 2.71.